The molecule has 1 saturated carbocycles. The van der Waals surface area contributed by atoms with Crippen LogP contribution in [0.15, 0.2) is 18.2 Å². The monoisotopic (exact) mass is 217 g/mol. The fourth-order valence-corrected chi connectivity index (χ4v) is 2.64. The van der Waals surface area contributed by atoms with Gasteiger partial charge in [-0.1, -0.05) is 17.7 Å². The highest BCUT2D eigenvalue weighted by molar-refractivity contribution is 5.59. The number of hydrogen-bond donors (Lipinski definition) is 1. The van der Waals surface area contributed by atoms with E-state index in [9.17, 15) is 5.11 Å². The van der Waals surface area contributed by atoms with Crippen molar-refractivity contribution in [3.8, 4) is 0 Å². The van der Waals surface area contributed by atoms with Crippen molar-refractivity contribution < 1.29 is 5.11 Å². The van der Waals surface area contributed by atoms with Gasteiger partial charge in [-0.25, -0.2) is 0 Å². The molecule has 16 heavy (non-hydrogen) atoms. The Morgan fingerprint density at radius 2 is 1.88 bits per heavy atom. The zero-order valence-electron chi connectivity index (χ0n) is 9.87. The molecule has 2 nitrogen and oxygen atoms in total. The number of aliphatic hydroxyl groups is 1. The van der Waals surface area contributed by atoms with Crippen LogP contribution in [-0.4, -0.2) is 18.2 Å². The molecule has 86 valence electrons. The third-order valence-electron chi connectivity index (χ3n) is 3.82. The molecule has 1 aromatic carbocycles. The van der Waals surface area contributed by atoms with E-state index in [4.69, 9.17) is 0 Å². The average molecular weight is 217 g/mol. The van der Waals surface area contributed by atoms with E-state index in [1.807, 2.05) is 0 Å². The molecule has 0 amide bonds. The van der Waals surface area contributed by atoms with Gasteiger partial charge in [0, 0.05) is 24.3 Å². The topological polar surface area (TPSA) is 23.5 Å². The number of anilines is 1. The smallest absolute Gasteiger partial charge is 0.0919 e. The largest absolute Gasteiger partial charge is 0.385 e. The fraction of sp³-hybridized carbons (Fsp3) is 0.571. The van der Waals surface area contributed by atoms with Gasteiger partial charge in [0.2, 0.25) is 0 Å². The molecule has 0 spiro atoms. The summed E-state index contributed by atoms with van der Waals surface area (Å²) in [5.41, 5.74) is 3.17. The van der Waals surface area contributed by atoms with Crippen molar-refractivity contribution in [2.75, 3.05) is 18.0 Å². The first-order chi connectivity index (χ1) is 7.69. The lowest BCUT2D eigenvalue weighted by Gasteiger charge is -2.24. The normalized spacial score (nSPS) is 22.5. The molecular formula is C14H19NO. The van der Waals surface area contributed by atoms with Gasteiger partial charge in [-0.3, -0.25) is 0 Å². The second-order valence-electron chi connectivity index (χ2n) is 5.25. The number of hydrogen-bond acceptors (Lipinski definition) is 2. The highest BCUT2D eigenvalue weighted by Gasteiger charge is 2.44. The molecule has 0 radical (unpaired) electrons. The van der Waals surface area contributed by atoms with E-state index in [2.05, 4.69) is 30.0 Å². The van der Waals surface area contributed by atoms with Crippen LogP contribution in [0.5, 0.6) is 0 Å². The van der Waals surface area contributed by atoms with Crippen molar-refractivity contribution in [3.63, 3.8) is 0 Å². The summed E-state index contributed by atoms with van der Waals surface area (Å²) in [6, 6.07) is 6.51. The van der Waals surface area contributed by atoms with Crippen LogP contribution in [0, 0.1) is 6.92 Å². The van der Waals surface area contributed by atoms with E-state index in [-0.39, 0.29) is 0 Å². The molecule has 1 aliphatic carbocycles. The van der Waals surface area contributed by atoms with Gasteiger partial charge in [-0.2, -0.15) is 0 Å². The number of nitrogens with zero attached hydrogens (tertiary/aromatic N) is 1. The zero-order chi connectivity index (χ0) is 11.2. The summed E-state index contributed by atoms with van der Waals surface area (Å²) < 4.78 is 0. The highest BCUT2D eigenvalue weighted by atomic mass is 16.3. The van der Waals surface area contributed by atoms with E-state index in [1.165, 1.54) is 24.1 Å². The third kappa shape index (κ3) is 1.61. The lowest BCUT2D eigenvalue weighted by molar-refractivity contribution is 0.152. The fourth-order valence-electron chi connectivity index (χ4n) is 2.64. The van der Waals surface area contributed by atoms with Crippen molar-refractivity contribution in [1.29, 1.82) is 0 Å². The molecule has 2 heteroatoms. The predicted octanol–water partition coefficient (Wildman–Crippen LogP) is 2.58. The summed E-state index contributed by atoms with van der Waals surface area (Å²) in [6.07, 6.45) is 4.42. The first-order valence-electron chi connectivity index (χ1n) is 6.27. The highest BCUT2D eigenvalue weighted by Crippen LogP contribution is 2.49. The van der Waals surface area contributed by atoms with Crippen LogP contribution in [0.4, 0.5) is 5.69 Å². The molecule has 1 aliphatic heterocycles. The van der Waals surface area contributed by atoms with E-state index >= 15 is 0 Å². The molecular weight excluding hydrogens is 198 g/mol. The van der Waals surface area contributed by atoms with Crippen molar-refractivity contribution in [2.24, 2.45) is 0 Å². The Balaban J connectivity index is 2.02. The molecule has 1 N–H and O–H groups in total. The second-order valence-corrected chi connectivity index (χ2v) is 5.25. The lowest BCUT2D eigenvalue weighted by atomic mass is 10.0. The Hall–Kier alpha value is -1.02. The molecule has 1 saturated heterocycles. The molecule has 3 rings (SSSR count). The standard InChI is InChI=1S/C14H19NO/c1-11-4-5-13(15-8-2-3-9-15)12(10-11)14(16)6-7-14/h4-5,10,16H,2-3,6-9H2,1H3. The maximum Gasteiger partial charge on any atom is 0.0919 e. The van der Waals surface area contributed by atoms with Crippen molar-refractivity contribution in [1.82, 2.24) is 0 Å². The van der Waals surface area contributed by atoms with Gasteiger partial charge in [-0.05, 0) is 38.7 Å². The predicted molar refractivity (Wildman–Crippen MR) is 65.8 cm³/mol. The molecule has 0 bridgehead atoms. The first kappa shape index (κ1) is 10.2. The van der Waals surface area contributed by atoms with Crippen LogP contribution < -0.4 is 4.90 Å². The average Bonchev–Trinajstić information content (AvgIpc) is 2.82. The molecule has 1 aromatic rings. The van der Waals surface area contributed by atoms with Crippen LogP contribution in [0.1, 0.15) is 36.8 Å². The lowest BCUT2D eigenvalue weighted by Crippen LogP contribution is -2.21. The Kier molecular flexibility index (Phi) is 2.21. The summed E-state index contributed by atoms with van der Waals surface area (Å²) in [7, 11) is 0. The second kappa shape index (κ2) is 3.49. The van der Waals surface area contributed by atoms with Crippen LogP contribution in [-0.2, 0) is 5.60 Å². The van der Waals surface area contributed by atoms with Crippen molar-refractivity contribution in [2.45, 2.75) is 38.2 Å². The Labute approximate surface area is 96.9 Å². The van der Waals surface area contributed by atoms with Gasteiger partial charge in [0.25, 0.3) is 0 Å². The summed E-state index contributed by atoms with van der Waals surface area (Å²) in [5.74, 6) is 0. The molecule has 0 atom stereocenters. The van der Waals surface area contributed by atoms with Gasteiger partial charge >= 0.3 is 0 Å². The van der Waals surface area contributed by atoms with E-state index in [1.54, 1.807) is 0 Å². The van der Waals surface area contributed by atoms with Gasteiger partial charge in [-0.15, -0.1) is 0 Å². The maximum atomic E-state index is 10.3. The van der Waals surface area contributed by atoms with Crippen molar-refractivity contribution in [3.05, 3.63) is 29.3 Å². The summed E-state index contributed by atoms with van der Waals surface area (Å²) >= 11 is 0. The molecule has 0 aromatic heterocycles. The summed E-state index contributed by atoms with van der Waals surface area (Å²) in [5, 5.41) is 10.3. The minimum absolute atomic E-state index is 0.510. The first-order valence-corrected chi connectivity index (χ1v) is 6.27. The minimum atomic E-state index is -0.510. The Morgan fingerprint density at radius 1 is 1.19 bits per heavy atom. The summed E-state index contributed by atoms with van der Waals surface area (Å²) in [6.45, 7) is 4.39. The SMILES string of the molecule is Cc1ccc(N2CCCC2)c(C2(O)CC2)c1. The van der Waals surface area contributed by atoms with Crippen LogP contribution >= 0.6 is 0 Å². The Morgan fingerprint density at radius 3 is 2.50 bits per heavy atom. The van der Waals surface area contributed by atoms with E-state index in [0.29, 0.717) is 0 Å². The van der Waals surface area contributed by atoms with Gasteiger partial charge in [0.15, 0.2) is 0 Å². The number of rotatable bonds is 2. The third-order valence-corrected chi connectivity index (χ3v) is 3.82. The van der Waals surface area contributed by atoms with E-state index in [0.717, 1.165) is 31.5 Å². The number of benzene rings is 1. The van der Waals surface area contributed by atoms with Crippen LogP contribution in [0.25, 0.3) is 0 Å². The van der Waals surface area contributed by atoms with Crippen LogP contribution in [0.3, 0.4) is 0 Å². The molecule has 2 fully saturated rings. The quantitative estimate of drug-likeness (QED) is 0.823. The molecule has 1 heterocycles. The minimum Gasteiger partial charge on any atom is -0.385 e. The van der Waals surface area contributed by atoms with E-state index < -0.39 is 5.60 Å². The maximum absolute atomic E-state index is 10.3. The van der Waals surface area contributed by atoms with Crippen LogP contribution in [0.2, 0.25) is 0 Å². The van der Waals surface area contributed by atoms with Crippen molar-refractivity contribution >= 4 is 5.69 Å². The molecule has 0 unspecified atom stereocenters. The number of aryl methyl sites for hydroxylation is 1. The van der Waals surface area contributed by atoms with Gasteiger partial charge in [0.05, 0.1) is 5.60 Å². The summed E-state index contributed by atoms with van der Waals surface area (Å²) in [4.78, 5) is 2.42. The molecule has 2 aliphatic rings. The zero-order valence-corrected chi connectivity index (χ0v) is 9.87. The van der Waals surface area contributed by atoms with Gasteiger partial charge < -0.3 is 10.0 Å². The Bertz CT molecular complexity index is 403. The van der Waals surface area contributed by atoms with Gasteiger partial charge in [0.1, 0.15) is 0 Å².